The minimum atomic E-state index is -0.536. The van der Waals surface area contributed by atoms with E-state index in [0.29, 0.717) is 0 Å². The standard InChI is InChI=1S/C12H22N2O3/c1-12(2,3)17-11(16)14-10(8-15)9-4-6-13-7-5-9/h8-10,13H,4-7H2,1-3H3,(H,14,16). The summed E-state index contributed by atoms with van der Waals surface area (Å²) < 4.78 is 5.14. The van der Waals surface area contributed by atoms with E-state index in [0.717, 1.165) is 32.2 Å². The highest BCUT2D eigenvalue weighted by atomic mass is 16.6. The van der Waals surface area contributed by atoms with E-state index in [-0.39, 0.29) is 5.92 Å². The number of alkyl carbamates (subject to hydrolysis) is 1. The molecule has 0 aromatic heterocycles. The Bertz CT molecular complexity index is 267. The Morgan fingerprint density at radius 1 is 1.41 bits per heavy atom. The predicted octanol–water partition coefficient (Wildman–Crippen LogP) is 1.08. The molecule has 1 heterocycles. The quantitative estimate of drug-likeness (QED) is 0.727. The van der Waals surface area contributed by atoms with Crippen LogP contribution < -0.4 is 10.6 Å². The molecule has 1 aliphatic heterocycles. The Hall–Kier alpha value is -1.10. The number of hydrogen-bond acceptors (Lipinski definition) is 4. The normalized spacial score (nSPS) is 19.5. The van der Waals surface area contributed by atoms with Crippen LogP contribution in [0.25, 0.3) is 0 Å². The van der Waals surface area contributed by atoms with Crippen LogP contribution in [-0.2, 0) is 9.53 Å². The summed E-state index contributed by atoms with van der Waals surface area (Å²) in [7, 11) is 0. The highest BCUT2D eigenvalue weighted by molar-refractivity contribution is 5.73. The molecule has 1 rings (SSSR count). The molecule has 5 nitrogen and oxygen atoms in total. The Morgan fingerprint density at radius 3 is 2.47 bits per heavy atom. The number of piperidine rings is 1. The molecule has 0 bridgehead atoms. The summed E-state index contributed by atoms with van der Waals surface area (Å²) in [6, 6.07) is -0.438. The van der Waals surface area contributed by atoms with Crippen molar-refractivity contribution in [2.45, 2.75) is 45.3 Å². The molecule has 0 radical (unpaired) electrons. The van der Waals surface area contributed by atoms with Gasteiger partial charge in [0.2, 0.25) is 0 Å². The first-order valence-corrected chi connectivity index (χ1v) is 6.08. The zero-order valence-corrected chi connectivity index (χ0v) is 10.8. The van der Waals surface area contributed by atoms with Gasteiger partial charge in [-0.15, -0.1) is 0 Å². The smallest absolute Gasteiger partial charge is 0.408 e. The summed E-state index contributed by atoms with van der Waals surface area (Å²) in [4.78, 5) is 22.6. The number of hydrogen-bond donors (Lipinski definition) is 2. The first-order valence-electron chi connectivity index (χ1n) is 6.08. The van der Waals surface area contributed by atoms with Crippen LogP contribution in [0.1, 0.15) is 33.6 Å². The van der Waals surface area contributed by atoms with Crippen molar-refractivity contribution in [3.05, 3.63) is 0 Å². The highest BCUT2D eigenvalue weighted by Crippen LogP contribution is 2.16. The SMILES string of the molecule is CC(C)(C)OC(=O)NC(C=O)C1CCNCC1. The summed E-state index contributed by atoms with van der Waals surface area (Å²) >= 11 is 0. The van der Waals surface area contributed by atoms with Crippen molar-refractivity contribution in [2.75, 3.05) is 13.1 Å². The first kappa shape index (κ1) is 14.0. The van der Waals surface area contributed by atoms with E-state index in [9.17, 15) is 9.59 Å². The van der Waals surface area contributed by atoms with Gasteiger partial charge < -0.3 is 20.2 Å². The third kappa shape index (κ3) is 5.17. The van der Waals surface area contributed by atoms with E-state index in [1.54, 1.807) is 20.8 Å². The van der Waals surface area contributed by atoms with Gasteiger partial charge in [0.25, 0.3) is 0 Å². The molecule has 1 fully saturated rings. The van der Waals surface area contributed by atoms with Crippen LogP contribution in [0.4, 0.5) is 4.79 Å². The first-order chi connectivity index (χ1) is 7.92. The molecule has 98 valence electrons. The van der Waals surface area contributed by atoms with Crippen LogP contribution in [0.3, 0.4) is 0 Å². The lowest BCUT2D eigenvalue weighted by Crippen LogP contribution is -2.46. The molecular weight excluding hydrogens is 220 g/mol. The van der Waals surface area contributed by atoms with E-state index in [4.69, 9.17) is 4.74 Å². The molecule has 0 aromatic carbocycles. The number of nitrogens with one attached hydrogen (secondary N) is 2. The van der Waals surface area contributed by atoms with Gasteiger partial charge in [-0.2, -0.15) is 0 Å². The van der Waals surface area contributed by atoms with Crippen molar-refractivity contribution in [3.8, 4) is 0 Å². The second kappa shape index (κ2) is 6.00. The van der Waals surface area contributed by atoms with Gasteiger partial charge in [-0.05, 0) is 52.6 Å². The summed E-state index contributed by atoms with van der Waals surface area (Å²) in [6.45, 7) is 7.18. The van der Waals surface area contributed by atoms with Gasteiger partial charge in [-0.1, -0.05) is 0 Å². The average Bonchev–Trinajstić information content (AvgIpc) is 2.24. The molecule has 0 saturated carbocycles. The minimum absolute atomic E-state index is 0.210. The van der Waals surface area contributed by atoms with Crippen molar-refractivity contribution >= 4 is 12.4 Å². The number of amides is 1. The van der Waals surface area contributed by atoms with E-state index < -0.39 is 17.7 Å². The molecule has 17 heavy (non-hydrogen) atoms. The van der Waals surface area contributed by atoms with Gasteiger partial charge in [-0.25, -0.2) is 4.79 Å². The van der Waals surface area contributed by atoms with Gasteiger partial charge in [0.05, 0.1) is 6.04 Å². The van der Waals surface area contributed by atoms with Crippen LogP contribution >= 0.6 is 0 Å². The lowest BCUT2D eigenvalue weighted by molar-refractivity contribution is -0.111. The number of carbonyl (C=O) groups excluding carboxylic acids is 2. The Labute approximate surface area is 102 Å². The average molecular weight is 242 g/mol. The molecule has 2 N–H and O–H groups in total. The molecule has 1 unspecified atom stereocenters. The van der Waals surface area contributed by atoms with E-state index in [2.05, 4.69) is 10.6 Å². The molecule has 0 aromatic rings. The van der Waals surface area contributed by atoms with Crippen molar-refractivity contribution in [1.82, 2.24) is 10.6 Å². The van der Waals surface area contributed by atoms with E-state index in [1.165, 1.54) is 0 Å². The Balaban J connectivity index is 2.45. The van der Waals surface area contributed by atoms with Gasteiger partial charge in [0, 0.05) is 0 Å². The summed E-state index contributed by atoms with van der Waals surface area (Å²) in [5.41, 5.74) is -0.536. The Kier molecular flexibility index (Phi) is 4.93. The van der Waals surface area contributed by atoms with Crippen molar-refractivity contribution in [3.63, 3.8) is 0 Å². The summed E-state index contributed by atoms with van der Waals surface area (Å²) in [6.07, 6.45) is 2.09. The Morgan fingerprint density at radius 2 is 2.00 bits per heavy atom. The lowest BCUT2D eigenvalue weighted by atomic mass is 9.91. The monoisotopic (exact) mass is 242 g/mol. The maximum atomic E-state index is 11.6. The topological polar surface area (TPSA) is 67.4 Å². The number of ether oxygens (including phenoxy) is 1. The van der Waals surface area contributed by atoms with Crippen LogP contribution in [-0.4, -0.2) is 37.1 Å². The molecular formula is C12H22N2O3. The number of rotatable bonds is 3. The van der Waals surface area contributed by atoms with Gasteiger partial charge in [0.15, 0.2) is 0 Å². The molecule has 0 spiro atoms. The van der Waals surface area contributed by atoms with E-state index in [1.807, 2.05) is 0 Å². The highest BCUT2D eigenvalue weighted by Gasteiger charge is 2.26. The molecule has 1 saturated heterocycles. The third-order valence-corrected chi connectivity index (χ3v) is 2.72. The zero-order valence-electron chi connectivity index (χ0n) is 10.8. The fourth-order valence-electron chi connectivity index (χ4n) is 1.91. The fraction of sp³-hybridized carbons (Fsp3) is 0.833. The maximum Gasteiger partial charge on any atom is 0.408 e. The largest absolute Gasteiger partial charge is 0.444 e. The van der Waals surface area contributed by atoms with Crippen LogP contribution in [0.2, 0.25) is 0 Å². The van der Waals surface area contributed by atoms with Crippen molar-refractivity contribution in [2.24, 2.45) is 5.92 Å². The molecule has 5 heteroatoms. The number of aldehydes is 1. The van der Waals surface area contributed by atoms with Crippen LogP contribution in [0.5, 0.6) is 0 Å². The fourth-order valence-corrected chi connectivity index (χ4v) is 1.91. The van der Waals surface area contributed by atoms with E-state index >= 15 is 0 Å². The van der Waals surface area contributed by atoms with Crippen LogP contribution in [0.15, 0.2) is 0 Å². The maximum absolute atomic E-state index is 11.6. The third-order valence-electron chi connectivity index (χ3n) is 2.72. The predicted molar refractivity (Wildman–Crippen MR) is 64.8 cm³/mol. The van der Waals surface area contributed by atoms with Crippen molar-refractivity contribution < 1.29 is 14.3 Å². The molecule has 1 amide bonds. The van der Waals surface area contributed by atoms with Gasteiger partial charge in [0.1, 0.15) is 11.9 Å². The lowest BCUT2D eigenvalue weighted by Gasteiger charge is -2.28. The van der Waals surface area contributed by atoms with Crippen molar-refractivity contribution in [1.29, 1.82) is 0 Å². The zero-order chi connectivity index (χ0) is 12.9. The summed E-state index contributed by atoms with van der Waals surface area (Å²) in [5.74, 6) is 0.210. The minimum Gasteiger partial charge on any atom is -0.444 e. The molecule has 0 aliphatic carbocycles. The second-order valence-electron chi connectivity index (χ2n) is 5.40. The molecule has 1 atom stereocenters. The van der Waals surface area contributed by atoms with Gasteiger partial charge in [-0.3, -0.25) is 0 Å². The number of carbonyl (C=O) groups is 2. The van der Waals surface area contributed by atoms with Gasteiger partial charge >= 0.3 is 6.09 Å². The second-order valence-corrected chi connectivity index (χ2v) is 5.40. The summed E-state index contributed by atoms with van der Waals surface area (Å²) in [5, 5.41) is 5.86. The molecule has 1 aliphatic rings. The van der Waals surface area contributed by atoms with Crippen LogP contribution in [0, 0.1) is 5.92 Å².